The molecule has 0 aliphatic carbocycles. The molecule has 3 rings (SSSR count). The molecule has 1 amide bonds. The molecule has 136 valence electrons. The van der Waals surface area contributed by atoms with Gasteiger partial charge in [-0.3, -0.25) is 9.69 Å². The fourth-order valence-corrected chi connectivity index (χ4v) is 3.70. The molecule has 0 spiro atoms. The molecular weight excluding hydrogens is 338 g/mol. The van der Waals surface area contributed by atoms with Gasteiger partial charge in [0.1, 0.15) is 5.82 Å². The van der Waals surface area contributed by atoms with Crippen LogP contribution < -0.4 is 10.2 Å². The molecular formula is C17H25N5O2S. The van der Waals surface area contributed by atoms with Gasteiger partial charge in [-0.2, -0.15) is 0 Å². The van der Waals surface area contributed by atoms with Gasteiger partial charge >= 0.3 is 0 Å². The summed E-state index contributed by atoms with van der Waals surface area (Å²) in [6, 6.07) is 0. The van der Waals surface area contributed by atoms with Crippen molar-refractivity contribution in [1.29, 1.82) is 0 Å². The molecule has 1 N–H and O–H groups in total. The van der Waals surface area contributed by atoms with Gasteiger partial charge in [-0.15, -0.1) is 11.3 Å². The lowest BCUT2D eigenvalue weighted by Gasteiger charge is -2.26. The Kier molecular flexibility index (Phi) is 5.82. The Morgan fingerprint density at radius 3 is 2.84 bits per heavy atom. The van der Waals surface area contributed by atoms with Gasteiger partial charge in [0, 0.05) is 44.0 Å². The van der Waals surface area contributed by atoms with Gasteiger partial charge in [0.05, 0.1) is 24.1 Å². The number of anilines is 1. The first-order valence-corrected chi connectivity index (χ1v) is 9.45. The van der Waals surface area contributed by atoms with E-state index in [1.807, 2.05) is 24.4 Å². The summed E-state index contributed by atoms with van der Waals surface area (Å²) in [5.74, 6) is 0.818. The highest BCUT2D eigenvalue weighted by molar-refractivity contribution is 7.11. The topological polar surface area (TPSA) is 70.6 Å². The van der Waals surface area contributed by atoms with Crippen LogP contribution in [0.2, 0.25) is 0 Å². The lowest BCUT2D eigenvalue weighted by molar-refractivity contribution is 0.0374. The Bertz CT molecular complexity index is 740. The number of morpholine rings is 1. The van der Waals surface area contributed by atoms with Crippen LogP contribution in [0.4, 0.5) is 5.82 Å². The fourth-order valence-electron chi connectivity index (χ4n) is 2.93. The first kappa shape index (κ1) is 18.0. The molecule has 0 unspecified atom stereocenters. The largest absolute Gasteiger partial charge is 0.379 e. The van der Waals surface area contributed by atoms with E-state index in [1.54, 1.807) is 11.3 Å². The van der Waals surface area contributed by atoms with E-state index in [0.717, 1.165) is 60.9 Å². The molecule has 1 aliphatic heterocycles. The van der Waals surface area contributed by atoms with Gasteiger partial charge in [-0.25, -0.2) is 9.97 Å². The zero-order chi connectivity index (χ0) is 17.8. The molecule has 1 saturated heterocycles. The number of carbonyl (C=O) groups excluding carboxylic acids is 1. The maximum absolute atomic E-state index is 12.4. The Hall–Kier alpha value is -1.77. The summed E-state index contributed by atoms with van der Waals surface area (Å²) < 4.78 is 5.34. The van der Waals surface area contributed by atoms with Gasteiger partial charge in [-0.1, -0.05) is 0 Å². The molecule has 0 bridgehead atoms. The Balaban J connectivity index is 1.61. The van der Waals surface area contributed by atoms with Crippen LogP contribution in [0.5, 0.6) is 0 Å². The number of rotatable bonds is 6. The molecule has 8 heteroatoms. The SMILES string of the molecule is Cc1scc2nc(C(=O)NCCCN3CCOCC3)nc(N(C)C)c12. The van der Waals surface area contributed by atoms with Gasteiger partial charge in [0.15, 0.2) is 0 Å². The Morgan fingerprint density at radius 1 is 1.36 bits per heavy atom. The third-order valence-electron chi connectivity index (χ3n) is 4.28. The molecule has 1 aliphatic rings. The smallest absolute Gasteiger partial charge is 0.289 e. The van der Waals surface area contributed by atoms with Crippen molar-refractivity contribution in [2.24, 2.45) is 0 Å². The second-order valence-electron chi connectivity index (χ2n) is 6.38. The highest BCUT2D eigenvalue weighted by Crippen LogP contribution is 2.30. The van der Waals surface area contributed by atoms with Gasteiger partial charge in [-0.05, 0) is 19.9 Å². The number of fused-ring (bicyclic) bond motifs is 1. The number of carbonyl (C=O) groups is 1. The van der Waals surface area contributed by atoms with Gasteiger partial charge < -0.3 is 15.0 Å². The third kappa shape index (κ3) is 4.26. The number of thiophene rings is 1. The summed E-state index contributed by atoms with van der Waals surface area (Å²) in [7, 11) is 3.87. The zero-order valence-electron chi connectivity index (χ0n) is 15.0. The zero-order valence-corrected chi connectivity index (χ0v) is 15.9. The van der Waals surface area contributed by atoms with Gasteiger partial charge in [0.2, 0.25) is 5.82 Å². The van der Waals surface area contributed by atoms with E-state index in [9.17, 15) is 4.79 Å². The normalized spacial score (nSPS) is 15.5. The molecule has 2 aromatic heterocycles. The average molecular weight is 363 g/mol. The maximum Gasteiger partial charge on any atom is 0.289 e. The Morgan fingerprint density at radius 2 is 2.12 bits per heavy atom. The van der Waals surface area contributed by atoms with Crippen molar-refractivity contribution < 1.29 is 9.53 Å². The monoisotopic (exact) mass is 363 g/mol. The quantitative estimate of drug-likeness (QED) is 0.785. The Labute approximate surface area is 152 Å². The lowest BCUT2D eigenvalue weighted by atomic mass is 10.2. The van der Waals surface area contributed by atoms with Crippen molar-refractivity contribution in [2.75, 3.05) is 58.4 Å². The first-order chi connectivity index (χ1) is 12.1. The van der Waals surface area contributed by atoms with Crippen molar-refractivity contribution in [2.45, 2.75) is 13.3 Å². The summed E-state index contributed by atoms with van der Waals surface area (Å²) >= 11 is 1.63. The predicted molar refractivity (Wildman–Crippen MR) is 101 cm³/mol. The van der Waals surface area contributed by atoms with E-state index >= 15 is 0 Å². The molecule has 0 saturated carbocycles. The number of aromatic nitrogens is 2. The standard InChI is InChI=1S/C17H25N5O2S/c1-12-14-13(11-25-12)19-15(20-16(14)21(2)3)17(23)18-5-4-6-22-7-9-24-10-8-22/h11H,4-10H2,1-3H3,(H,18,23). The van der Waals surface area contributed by atoms with E-state index in [-0.39, 0.29) is 11.7 Å². The van der Waals surface area contributed by atoms with Crippen LogP contribution in [-0.2, 0) is 4.74 Å². The van der Waals surface area contributed by atoms with Crippen molar-refractivity contribution in [3.05, 3.63) is 16.1 Å². The fraction of sp³-hybridized carbons (Fsp3) is 0.588. The molecule has 1 fully saturated rings. The van der Waals surface area contributed by atoms with E-state index in [4.69, 9.17) is 4.74 Å². The predicted octanol–water partition coefficient (Wildman–Crippen LogP) is 1.52. The van der Waals surface area contributed by atoms with Crippen LogP contribution in [-0.4, -0.2) is 74.3 Å². The molecule has 3 heterocycles. The number of ether oxygens (including phenoxy) is 1. The molecule has 7 nitrogen and oxygen atoms in total. The maximum atomic E-state index is 12.4. The second kappa shape index (κ2) is 8.07. The summed E-state index contributed by atoms with van der Waals surface area (Å²) in [5, 5.41) is 5.95. The van der Waals surface area contributed by atoms with E-state index in [0.29, 0.717) is 6.54 Å². The number of nitrogens with zero attached hydrogens (tertiary/aromatic N) is 4. The average Bonchev–Trinajstić information content (AvgIpc) is 2.99. The summed E-state index contributed by atoms with van der Waals surface area (Å²) in [5.41, 5.74) is 0.833. The first-order valence-electron chi connectivity index (χ1n) is 8.57. The van der Waals surface area contributed by atoms with Crippen LogP contribution in [0.15, 0.2) is 5.38 Å². The number of hydrogen-bond acceptors (Lipinski definition) is 7. The number of amides is 1. The highest BCUT2D eigenvalue weighted by Gasteiger charge is 2.17. The van der Waals surface area contributed by atoms with Crippen LogP contribution in [0, 0.1) is 6.92 Å². The summed E-state index contributed by atoms with van der Waals surface area (Å²) in [6.07, 6.45) is 0.909. The van der Waals surface area contributed by atoms with Crippen LogP contribution >= 0.6 is 11.3 Å². The van der Waals surface area contributed by atoms with Crippen LogP contribution in [0.25, 0.3) is 10.9 Å². The minimum absolute atomic E-state index is 0.212. The van der Waals surface area contributed by atoms with Gasteiger partial charge in [0.25, 0.3) is 5.91 Å². The van der Waals surface area contributed by atoms with Crippen molar-refractivity contribution in [1.82, 2.24) is 20.2 Å². The lowest BCUT2D eigenvalue weighted by Crippen LogP contribution is -2.38. The number of hydrogen-bond donors (Lipinski definition) is 1. The van der Waals surface area contributed by atoms with E-state index < -0.39 is 0 Å². The van der Waals surface area contributed by atoms with E-state index in [1.165, 1.54) is 0 Å². The highest BCUT2D eigenvalue weighted by atomic mass is 32.1. The van der Waals surface area contributed by atoms with E-state index in [2.05, 4.69) is 27.1 Å². The van der Waals surface area contributed by atoms with Crippen molar-refractivity contribution in [3.8, 4) is 0 Å². The number of aryl methyl sites for hydroxylation is 1. The van der Waals surface area contributed by atoms with Crippen molar-refractivity contribution in [3.63, 3.8) is 0 Å². The molecule has 2 aromatic rings. The molecule has 0 atom stereocenters. The second-order valence-corrected chi connectivity index (χ2v) is 7.46. The third-order valence-corrected chi connectivity index (χ3v) is 5.18. The minimum Gasteiger partial charge on any atom is -0.379 e. The van der Waals surface area contributed by atoms with Crippen LogP contribution in [0.1, 0.15) is 21.9 Å². The molecule has 25 heavy (non-hydrogen) atoms. The van der Waals surface area contributed by atoms with Crippen LogP contribution in [0.3, 0.4) is 0 Å². The minimum atomic E-state index is -0.212. The number of nitrogens with one attached hydrogen (secondary N) is 1. The summed E-state index contributed by atoms with van der Waals surface area (Å²) in [6.45, 7) is 7.18. The molecule has 0 aromatic carbocycles. The summed E-state index contributed by atoms with van der Waals surface area (Å²) in [4.78, 5) is 26.8. The van der Waals surface area contributed by atoms with Crippen molar-refractivity contribution >= 4 is 34.0 Å². The molecule has 0 radical (unpaired) electrons.